The third kappa shape index (κ3) is 5.14. The summed E-state index contributed by atoms with van der Waals surface area (Å²) in [4.78, 5) is 47.0. The molecule has 1 aromatic heterocycles. The van der Waals surface area contributed by atoms with Crippen LogP contribution in [0.2, 0.25) is 0 Å². The molecule has 1 aromatic rings. The van der Waals surface area contributed by atoms with Crippen LogP contribution in [-0.2, 0) is 4.79 Å². The van der Waals surface area contributed by atoms with Gasteiger partial charge in [-0.1, -0.05) is 19.3 Å². The molecule has 0 radical (unpaired) electrons. The summed E-state index contributed by atoms with van der Waals surface area (Å²) in [5.41, 5.74) is 1.41. The van der Waals surface area contributed by atoms with Crippen LogP contribution in [0.25, 0.3) is 0 Å². The number of carbonyl (C=O) groups is 3. The van der Waals surface area contributed by atoms with E-state index in [2.05, 4.69) is 4.98 Å². The molecule has 0 unspecified atom stereocenters. The van der Waals surface area contributed by atoms with E-state index in [0.29, 0.717) is 55.5 Å². The number of rotatable bonds is 4. The van der Waals surface area contributed by atoms with Crippen LogP contribution in [0.3, 0.4) is 0 Å². The third-order valence-electron chi connectivity index (χ3n) is 6.05. The van der Waals surface area contributed by atoms with Crippen molar-refractivity contribution in [1.29, 1.82) is 0 Å². The van der Waals surface area contributed by atoms with Gasteiger partial charge in [0.1, 0.15) is 5.69 Å². The van der Waals surface area contributed by atoms with Crippen LogP contribution in [0, 0.1) is 12.8 Å². The summed E-state index contributed by atoms with van der Waals surface area (Å²) in [5, 5.41) is 0. The second-order valence-electron chi connectivity index (χ2n) is 8.41. The van der Waals surface area contributed by atoms with Crippen LogP contribution < -0.4 is 0 Å². The van der Waals surface area contributed by atoms with E-state index in [4.69, 9.17) is 0 Å². The molecule has 3 rings (SSSR count). The standard InChI is InChI=1S/C22H32N4O3/c1-16-18(9-10-19(23-16)22(29)24(2)3)21(28)26-13-11-25(12-14-26)20(27)15-17-7-5-4-6-8-17/h9-10,17H,4-8,11-15H2,1-3H3. The lowest BCUT2D eigenvalue weighted by Crippen LogP contribution is -2.51. The first kappa shape index (κ1) is 21.3. The Balaban J connectivity index is 1.55. The minimum atomic E-state index is -0.183. The zero-order valence-corrected chi connectivity index (χ0v) is 17.8. The predicted octanol–water partition coefficient (Wildman–Crippen LogP) is 2.35. The molecule has 0 N–H and O–H groups in total. The molecule has 7 nitrogen and oxygen atoms in total. The normalized spacial score (nSPS) is 17.9. The molecule has 1 aliphatic heterocycles. The van der Waals surface area contributed by atoms with Gasteiger partial charge in [0.25, 0.3) is 11.8 Å². The smallest absolute Gasteiger partial charge is 0.271 e. The van der Waals surface area contributed by atoms with Crippen molar-refractivity contribution in [2.75, 3.05) is 40.3 Å². The molecular formula is C22H32N4O3. The fourth-order valence-corrected chi connectivity index (χ4v) is 4.23. The van der Waals surface area contributed by atoms with Crippen LogP contribution in [0.5, 0.6) is 0 Å². The number of hydrogen-bond donors (Lipinski definition) is 0. The van der Waals surface area contributed by atoms with Crippen LogP contribution in [0.1, 0.15) is 65.1 Å². The minimum absolute atomic E-state index is 0.0850. The van der Waals surface area contributed by atoms with Gasteiger partial charge in [-0.15, -0.1) is 0 Å². The van der Waals surface area contributed by atoms with Crippen molar-refractivity contribution in [2.24, 2.45) is 5.92 Å². The van der Waals surface area contributed by atoms with Crippen LogP contribution in [0.15, 0.2) is 12.1 Å². The molecule has 29 heavy (non-hydrogen) atoms. The third-order valence-corrected chi connectivity index (χ3v) is 6.05. The minimum Gasteiger partial charge on any atom is -0.343 e. The molecule has 0 atom stereocenters. The number of pyridine rings is 1. The van der Waals surface area contributed by atoms with Crippen LogP contribution in [0.4, 0.5) is 0 Å². The van der Waals surface area contributed by atoms with Crippen molar-refractivity contribution >= 4 is 17.7 Å². The van der Waals surface area contributed by atoms with E-state index in [1.807, 2.05) is 4.90 Å². The van der Waals surface area contributed by atoms with Gasteiger partial charge in [-0.05, 0) is 37.8 Å². The molecule has 3 amide bonds. The van der Waals surface area contributed by atoms with Gasteiger partial charge in [-0.25, -0.2) is 4.98 Å². The zero-order chi connectivity index (χ0) is 21.0. The van der Waals surface area contributed by atoms with Gasteiger partial charge in [0.05, 0.1) is 11.3 Å². The van der Waals surface area contributed by atoms with Crippen molar-refractivity contribution in [2.45, 2.75) is 45.4 Å². The van der Waals surface area contributed by atoms with Crippen molar-refractivity contribution in [3.63, 3.8) is 0 Å². The van der Waals surface area contributed by atoms with Gasteiger partial charge in [0.15, 0.2) is 0 Å². The van der Waals surface area contributed by atoms with Gasteiger partial charge in [0.2, 0.25) is 5.91 Å². The largest absolute Gasteiger partial charge is 0.343 e. The molecule has 2 fully saturated rings. The number of carbonyl (C=O) groups excluding carboxylic acids is 3. The number of piperazine rings is 1. The van der Waals surface area contributed by atoms with E-state index >= 15 is 0 Å². The average molecular weight is 401 g/mol. The number of aromatic nitrogens is 1. The lowest BCUT2D eigenvalue weighted by Gasteiger charge is -2.36. The molecule has 0 aromatic carbocycles. The Kier molecular flexibility index (Phi) is 6.87. The van der Waals surface area contributed by atoms with Crippen molar-refractivity contribution in [3.8, 4) is 0 Å². The summed E-state index contributed by atoms with van der Waals surface area (Å²) >= 11 is 0. The first-order chi connectivity index (χ1) is 13.9. The van der Waals surface area contributed by atoms with E-state index in [-0.39, 0.29) is 17.7 Å². The monoisotopic (exact) mass is 400 g/mol. The van der Waals surface area contributed by atoms with Crippen LogP contribution >= 0.6 is 0 Å². The van der Waals surface area contributed by atoms with Crippen molar-refractivity contribution in [1.82, 2.24) is 19.7 Å². The highest BCUT2D eigenvalue weighted by Gasteiger charge is 2.28. The summed E-state index contributed by atoms with van der Waals surface area (Å²) in [5.74, 6) is 0.497. The van der Waals surface area contributed by atoms with E-state index in [1.54, 1.807) is 38.1 Å². The fourth-order valence-electron chi connectivity index (χ4n) is 4.23. The van der Waals surface area contributed by atoms with E-state index < -0.39 is 0 Å². The topological polar surface area (TPSA) is 73.8 Å². The summed E-state index contributed by atoms with van der Waals surface area (Å²) in [7, 11) is 3.35. The van der Waals surface area contributed by atoms with Crippen LogP contribution in [-0.4, -0.2) is 77.7 Å². The number of hydrogen-bond acceptors (Lipinski definition) is 4. The molecule has 1 aliphatic carbocycles. The maximum atomic E-state index is 12.9. The Labute approximate surface area is 173 Å². The Morgan fingerprint density at radius 1 is 1.00 bits per heavy atom. The van der Waals surface area contributed by atoms with E-state index in [1.165, 1.54) is 37.0 Å². The highest BCUT2D eigenvalue weighted by Crippen LogP contribution is 2.27. The first-order valence-electron chi connectivity index (χ1n) is 10.6. The Morgan fingerprint density at radius 3 is 2.21 bits per heavy atom. The number of aryl methyl sites for hydroxylation is 1. The number of amides is 3. The Bertz CT molecular complexity index is 763. The summed E-state index contributed by atoms with van der Waals surface area (Å²) < 4.78 is 0. The molecule has 1 saturated heterocycles. The lowest BCUT2D eigenvalue weighted by molar-refractivity contribution is -0.133. The highest BCUT2D eigenvalue weighted by molar-refractivity contribution is 5.97. The highest BCUT2D eigenvalue weighted by atomic mass is 16.2. The first-order valence-corrected chi connectivity index (χ1v) is 10.6. The molecular weight excluding hydrogens is 368 g/mol. The van der Waals surface area contributed by atoms with Gasteiger partial charge < -0.3 is 14.7 Å². The van der Waals surface area contributed by atoms with Gasteiger partial charge in [-0.2, -0.15) is 0 Å². The van der Waals surface area contributed by atoms with Gasteiger partial charge in [0, 0.05) is 46.7 Å². The fraction of sp³-hybridized carbons (Fsp3) is 0.636. The maximum Gasteiger partial charge on any atom is 0.271 e. The second kappa shape index (κ2) is 9.37. The van der Waals surface area contributed by atoms with Gasteiger partial charge >= 0.3 is 0 Å². The molecule has 0 bridgehead atoms. The lowest BCUT2D eigenvalue weighted by atomic mass is 9.86. The van der Waals surface area contributed by atoms with Gasteiger partial charge in [-0.3, -0.25) is 14.4 Å². The molecule has 2 aliphatic rings. The summed E-state index contributed by atoms with van der Waals surface area (Å²) in [6.45, 7) is 3.99. The molecule has 1 saturated carbocycles. The zero-order valence-electron chi connectivity index (χ0n) is 17.8. The molecule has 158 valence electrons. The average Bonchev–Trinajstić information content (AvgIpc) is 2.73. The summed E-state index contributed by atoms with van der Waals surface area (Å²) in [6, 6.07) is 3.29. The Morgan fingerprint density at radius 2 is 1.62 bits per heavy atom. The SMILES string of the molecule is Cc1nc(C(=O)N(C)C)ccc1C(=O)N1CCN(C(=O)CC2CCCCC2)CC1. The predicted molar refractivity (Wildman–Crippen MR) is 111 cm³/mol. The number of nitrogens with zero attached hydrogens (tertiary/aromatic N) is 4. The van der Waals surface area contributed by atoms with E-state index in [0.717, 1.165) is 0 Å². The van der Waals surface area contributed by atoms with E-state index in [9.17, 15) is 14.4 Å². The molecule has 7 heteroatoms. The van der Waals surface area contributed by atoms with Crippen molar-refractivity contribution < 1.29 is 14.4 Å². The quantitative estimate of drug-likeness (QED) is 0.778. The molecule has 2 heterocycles. The Hall–Kier alpha value is -2.44. The van der Waals surface area contributed by atoms with Crippen molar-refractivity contribution in [3.05, 3.63) is 29.1 Å². The second-order valence-corrected chi connectivity index (χ2v) is 8.41. The maximum absolute atomic E-state index is 12.9. The summed E-state index contributed by atoms with van der Waals surface area (Å²) in [6.07, 6.45) is 6.77. The molecule has 0 spiro atoms.